The first-order chi connectivity index (χ1) is 21.2. The summed E-state index contributed by atoms with van der Waals surface area (Å²) in [6.07, 6.45) is 3.59. The van der Waals surface area contributed by atoms with Gasteiger partial charge in [-0.1, -0.05) is 60.7 Å². The van der Waals surface area contributed by atoms with Gasteiger partial charge in [0, 0.05) is 54.4 Å². The van der Waals surface area contributed by atoms with Gasteiger partial charge in [0.1, 0.15) is 0 Å². The maximum atomic E-state index is 14.8. The third kappa shape index (κ3) is 3.35. The molecule has 43 heavy (non-hydrogen) atoms. The highest BCUT2D eigenvalue weighted by atomic mass is 32.1. The lowest BCUT2D eigenvalue weighted by Crippen LogP contribution is -2.28. The fourth-order valence-corrected chi connectivity index (χ4v) is 7.69. The van der Waals surface area contributed by atoms with Crippen LogP contribution in [0.5, 0.6) is 0 Å². The third-order valence-corrected chi connectivity index (χ3v) is 9.55. The molecule has 0 N–H and O–H groups in total. The lowest BCUT2D eigenvalue weighted by atomic mass is 10.0. The Balaban J connectivity index is 1.59. The Kier molecular flexibility index (Phi) is 5.01. The van der Waals surface area contributed by atoms with Crippen LogP contribution in [0.3, 0.4) is 0 Å². The van der Waals surface area contributed by atoms with E-state index in [-0.39, 0.29) is 11.1 Å². The van der Waals surface area contributed by atoms with Gasteiger partial charge < -0.3 is 4.57 Å². The molecule has 0 bridgehead atoms. The average molecular weight is 572 g/mol. The van der Waals surface area contributed by atoms with Crippen LogP contribution in [-0.4, -0.2) is 14.1 Å². The molecule has 0 unspecified atom stereocenters. The summed E-state index contributed by atoms with van der Waals surface area (Å²) < 4.78 is 5.74. The number of rotatable bonds is 2. The predicted octanol–water partition coefficient (Wildman–Crippen LogP) is 8.36. The Morgan fingerprint density at radius 1 is 0.488 bits per heavy atom. The molecular formula is C37H21N3O2S. The highest BCUT2D eigenvalue weighted by Crippen LogP contribution is 2.40. The minimum Gasteiger partial charge on any atom is -0.309 e. The second-order valence-electron chi connectivity index (χ2n) is 10.7. The van der Waals surface area contributed by atoms with E-state index in [4.69, 9.17) is 0 Å². The van der Waals surface area contributed by atoms with Crippen molar-refractivity contribution in [3.63, 3.8) is 0 Å². The molecule has 202 valence electrons. The number of hydrogen-bond donors (Lipinski definition) is 0. The normalized spacial score (nSPS) is 11.9. The molecule has 0 fully saturated rings. The first-order valence-electron chi connectivity index (χ1n) is 14.0. The third-order valence-electron chi connectivity index (χ3n) is 8.42. The summed E-state index contributed by atoms with van der Waals surface area (Å²) in [6, 6.07) is 37.7. The highest BCUT2D eigenvalue weighted by Gasteiger charge is 2.21. The second kappa shape index (κ2) is 8.95. The number of aromatic nitrogens is 3. The van der Waals surface area contributed by atoms with Crippen molar-refractivity contribution < 1.29 is 0 Å². The van der Waals surface area contributed by atoms with E-state index in [2.05, 4.69) is 45.9 Å². The minimum atomic E-state index is -0.350. The molecular weight excluding hydrogens is 550 g/mol. The van der Waals surface area contributed by atoms with Crippen molar-refractivity contribution in [2.75, 3.05) is 0 Å². The van der Waals surface area contributed by atoms with Crippen molar-refractivity contribution in [1.82, 2.24) is 14.1 Å². The van der Waals surface area contributed by atoms with Crippen molar-refractivity contribution in [3.05, 3.63) is 148 Å². The van der Waals surface area contributed by atoms with Crippen LogP contribution in [0, 0.1) is 0 Å². The van der Waals surface area contributed by atoms with Crippen LogP contribution in [0.25, 0.3) is 74.9 Å². The van der Waals surface area contributed by atoms with Gasteiger partial charge in [0.15, 0.2) is 0 Å². The van der Waals surface area contributed by atoms with Gasteiger partial charge in [-0.2, -0.15) is 0 Å². The summed E-state index contributed by atoms with van der Waals surface area (Å²) >= 11 is 1.70. The summed E-state index contributed by atoms with van der Waals surface area (Å²) in [5.74, 6) is 0. The minimum absolute atomic E-state index is 0.336. The van der Waals surface area contributed by atoms with Gasteiger partial charge in [0.05, 0.1) is 22.1 Å². The monoisotopic (exact) mass is 571 g/mol. The lowest BCUT2D eigenvalue weighted by molar-refractivity contribution is 0.977. The van der Waals surface area contributed by atoms with Gasteiger partial charge in [-0.05, 0) is 65.4 Å². The standard InChI is InChI=1S/C37H21N3O2S/c41-36-28-19-27-24-13-7-8-14-32(24)43-33(27)20-26(28)25-15-16-31-34(35(25)37(42)40(36)23-11-5-2-6-12-23)29-21-38-18-17-30(29)39(31)22-9-3-1-4-10-22/h1-21H. The van der Waals surface area contributed by atoms with Crippen LogP contribution in [0.1, 0.15) is 0 Å². The first-order valence-corrected chi connectivity index (χ1v) is 14.9. The molecule has 0 aliphatic rings. The lowest BCUT2D eigenvalue weighted by Gasteiger charge is -2.07. The zero-order valence-electron chi connectivity index (χ0n) is 22.7. The number of hydrogen-bond acceptors (Lipinski definition) is 4. The molecule has 4 heterocycles. The molecule has 9 rings (SSSR count). The fourth-order valence-electron chi connectivity index (χ4n) is 6.56. The second-order valence-corrected chi connectivity index (χ2v) is 11.8. The van der Waals surface area contributed by atoms with Crippen LogP contribution in [0.2, 0.25) is 0 Å². The Hall–Kier alpha value is -5.59. The van der Waals surface area contributed by atoms with E-state index in [0.717, 1.165) is 58.4 Å². The van der Waals surface area contributed by atoms with Crippen LogP contribution >= 0.6 is 11.3 Å². The van der Waals surface area contributed by atoms with Gasteiger partial charge >= 0.3 is 0 Å². The van der Waals surface area contributed by atoms with E-state index in [0.29, 0.717) is 16.5 Å². The molecule has 9 aromatic rings. The van der Waals surface area contributed by atoms with Crippen molar-refractivity contribution in [1.29, 1.82) is 0 Å². The van der Waals surface area contributed by atoms with E-state index >= 15 is 0 Å². The molecule has 0 spiro atoms. The Labute approximate surface area is 248 Å². The van der Waals surface area contributed by atoms with E-state index in [1.165, 1.54) is 4.57 Å². The quantitative estimate of drug-likeness (QED) is 0.209. The molecule has 0 amide bonds. The van der Waals surface area contributed by atoms with E-state index in [9.17, 15) is 9.59 Å². The van der Waals surface area contributed by atoms with E-state index < -0.39 is 0 Å². The van der Waals surface area contributed by atoms with Gasteiger partial charge in [0.25, 0.3) is 11.1 Å². The van der Waals surface area contributed by atoms with Gasteiger partial charge in [0.2, 0.25) is 0 Å². The van der Waals surface area contributed by atoms with Crippen LogP contribution < -0.4 is 11.1 Å². The van der Waals surface area contributed by atoms with Gasteiger partial charge in [-0.25, -0.2) is 4.57 Å². The summed E-state index contributed by atoms with van der Waals surface area (Å²) in [5, 5.41) is 6.28. The molecule has 0 aliphatic heterocycles. The molecule has 0 radical (unpaired) electrons. The predicted molar refractivity (Wildman–Crippen MR) is 178 cm³/mol. The number of thiophene rings is 1. The summed E-state index contributed by atoms with van der Waals surface area (Å²) in [5.41, 5.74) is 2.66. The smallest absolute Gasteiger partial charge is 0.266 e. The van der Waals surface area contributed by atoms with Gasteiger partial charge in [-0.3, -0.25) is 14.6 Å². The van der Waals surface area contributed by atoms with Crippen molar-refractivity contribution in [2.45, 2.75) is 0 Å². The number of fused-ring (bicyclic) bond motifs is 10. The van der Waals surface area contributed by atoms with Crippen LogP contribution in [-0.2, 0) is 0 Å². The molecule has 5 aromatic carbocycles. The molecule has 4 aromatic heterocycles. The summed E-state index contributed by atoms with van der Waals surface area (Å²) in [4.78, 5) is 33.8. The van der Waals surface area contributed by atoms with Crippen molar-refractivity contribution >= 4 is 74.9 Å². The maximum absolute atomic E-state index is 14.8. The largest absolute Gasteiger partial charge is 0.309 e. The first kappa shape index (κ1) is 24.1. The number of benzene rings is 5. The molecule has 0 saturated carbocycles. The molecule has 0 aliphatic carbocycles. The summed E-state index contributed by atoms with van der Waals surface area (Å²) in [7, 11) is 0. The van der Waals surface area contributed by atoms with Crippen molar-refractivity contribution in [3.8, 4) is 11.4 Å². The van der Waals surface area contributed by atoms with Gasteiger partial charge in [-0.15, -0.1) is 11.3 Å². The Morgan fingerprint density at radius 3 is 2.00 bits per heavy atom. The zero-order valence-corrected chi connectivity index (χ0v) is 23.5. The van der Waals surface area contributed by atoms with E-state index in [1.807, 2.05) is 85.1 Å². The van der Waals surface area contributed by atoms with Crippen molar-refractivity contribution in [2.24, 2.45) is 0 Å². The van der Waals surface area contributed by atoms with Crippen LogP contribution in [0.15, 0.2) is 137 Å². The zero-order chi connectivity index (χ0) is 28.7. The SMILES string of the molecule is O=c1c2cc3c(cc2c2ccc4c(c5cnccc5n4-c4ccccc4)c2c(=O)n1-c1ccccc1)sc1ccccc13. The fraction of sp³-hybridized carbons (Fsp3) is 0. The molecule has 6 heteroatoms. The Morgan fingerprint density at radius 2 is 1.21 bits per heavy atom. The number of nitrogens with zero attached hydrogens (tertiary/aromatic N) is 3. The number of pyridine rings is 1. The molecule has 0 atom stereocenters. The highest BCUT2D eigenvalue weighted by molar-refractivity contribution is 7.25. The van der Waals surface area contributed by atoms with E-state index in [1.54, 1.807) is 17.5 Å². The molecule has 0 saturated heterocycles. The average Bonchev–Trinajstić information content (AvgIpc) is 3.57. The Bertz CT molecular complexity index is 2710. The van der Waals surface area contributed by atoms with Crippen LogP contribution in [0.4, 0.5) is 0 Å². The number of para-hydroxylation sites is 2. The molecule has 5 nitrogen and oxygen atoms in total. The maximum Gasteiger partial charge on any atom is 0.266 e. The summed E-state index contributed by atoms with van der Waals surface area (Å²) in [6.45, 7) is 0. The topological polar surface area (TPSA) is 56.9 Å².